The summed E-state index contributed by atoms with van der Waals surface area (Å²) in [5.74, 6) is 0. The van der Waals surface area contributed by atoms with Gasteiger partial charge in [-0.25, -0.2) is 4.79 Å². The summed E-state index contributed by atoms with van der Waals surface area (Å²) < 4.78 is 10.3. The monoisotopic (exact) mass is 382 g/mol. The Morgan fingerprint density at radius 1 is 0.815 bits per heavy atom. The fraction of sp³-hybridized carbons (Fsp3) is 0.913. The summed E-state index contributed by atoms with van der Waals surface area (Å²) in [6.07, 6.45) is 21.8. The highest BCUT2D eigenvalue weighted by molar-refractivity contribution is 5.60. The topological polar surface area (TPSA) is 47.6 Å². The number of rotatable bonds is 18. The van der Waals surface area contributed by atoms with Gasteiger partial charge in [-0.15, -0.1) is 0 Å². The van der Waals surface area contributed by atoms with E-state index in [1.807, 2.05) is 6.54 Å². The molecular weight excluding hydrogens is 338 g/mol. The van der Waals surface area contributed by atoms with E-state index in [0.29, 0.717) is 13.2 Å². The first kappa shape index (κ1) is 24.3. The summed E-state index contributed by atoms with van der Waals surface area (Å²) in [6, 6.07) is 0. The minimum atomic E-state index is -0.516. The molecule has 0 aromatic heterocycles. The molecule has 1 aliphatic rings. The quantitative estimate of drug-likeness (QED) is 0.206. The maximum Gasteiger partial charge on any atom is 0.508 e. The number of ether oxygens (including phenoxy) is 2. The van der Waals surface area contributed by atoms with Crippen molar-refractivity contribution in [3.8, 4) is 0 Å². The summed E-state index contributed by atoms with van der Waals surface area (Å²) >= 11 is 0. The Hall–Kier alpha value is -0.770. The maximum absolute atomic E-state index is 11.5. The molecule has 1 saturated heterocycles. The van der Waals surface area contributed by atoms with Crippen LogP contribution >= 0.6 is 0 Å². The van der Waals surface area contributed by atoms with Gasteiger partial charge < -0.3 is 14.8 Å². The van der Waals surface area contributed by atoms with Gasteiger partial charge in [-0.1, -0.05) is 103 Å². The number of hydrogen-bond acceptors (Lipinski definition) is 4. The average molecular weight is 383 g/mol. The van der Waals surface area contributed by atoms with Gasteiger partial charge in [0.15, 0.2) is 0 Å². The summed E-state index contributed by atoms with van der Waals surface area (Å²) in [6.45, 7) is 5.39. The van der Waals surface area contributed by atoms with Crippen molar-refractivity contribution < 1.29 is 14.3 Å². The SMILES string of the molecule is CCCCCCCCCCCCCCCCCCOC(=O)OC1C[CH]NC1. The minimum absolute atomic E-state index is 0.0525. The predicted molar refractivity (Wildman–Crippen MR) is 113 cm³/mol. The lowest BCUT2D eigenvalue weighted by Crippen LogP contribution is -2.21. The minimum Gasteiger partial charge on any atom is -0.434 e. The summed E-state index contributed by atoms with van der Waals surface area (Å²) in [5.41, 5.74) is 0. The molecule has 0 aliphatic carbocycles. The summed E-state index contributed by atoms with van der Waals surface area (Å²) in [7, 11) is 0. The lowest BCUT2D eigenvalue weighted by atomic mass is 10.0. The number of hydrogen-bond donors (Lipinski definition) is 1. The van der Waals surface area contributed by atoms with E-state index in [9.17, 15) is 4.79 Å². The first-order valence-electron chi connectivity index (χ1n) is 11.7. The highest BCUT2D eigenvalue weighted by Crippen LogP contribution is 2.14. The van der Waals surface area contributed by atoms with E-state index < -0.39 is 6.16 Å². The number of unbranched alkanes of at least 4 members (excludes halogenated alkanes) is 15. The van der Waals surface area contributed by atoms with Crippen molar-refractivity contribution in [1.29, 1.82) is 0 Å². The highest BCUT2D eigenvalue weighted by Gasteiger charge is 2.19. The normalized spacial score (nSPS) is 16.6. The fourth-order valence-corrected chi connectivity index (χ4v) is 3.58. The van der Waals surface area contributed by atoms with E-state index in [-0.39, 0.29) is 6.10 Å². The van der Waals surface area contributed by atoms with Gasteiger partial charge in [-0.2, -0.15) is 0 Å². The van der Waals surface area contributed by atoms with Crippen LogP contribution in [0.15, 0.2) is 0 Å². The van der Waals surface area contributed by atoms with E-state index in [2.05, 4.69) is 12.2 Å². The second-order valence-electron chi connectivity index (χ2n) is 7.99. The molecule has 4 heteroatoms. The molecule has 0 spiro atoms. The van der Waals surface area contributed by atoms with Crippen molar-refractivity contribution in [2.75, 3.05) is 13.2 Å². The standard InChI is InChI=1S/C23H44NO3/c1-2-3-4-5-6-7-8-9-10-11-12-13-14-15-16-17-20-26-23(25)27-22-18-19-24-21-22/h19,22,24H,2-18,20-21H2,1H3. The van der Waals surface area contributed by atoms with Crippen LogP contribution in [0, 0.1) is 6.54 Å². The number of carbonyl (C=O) groups is 1. The van der Waals surface area contributed by atoms with Gasteiger partial charge in [-0.3, -0.25) is 0 Å². The largest absolute Gasteiger partial charge is 0.508 e. The molecular formula is C23H44NO3. The zero-order valence-corrected chi connectivity index (χ0v) is 17.8. The Balaban J connectivity index is 1.69. The van der Waals surface area contributed by atoms with Gasteiger partial charge in [-0.05, 0) is 6.42 Å². The van der Waals surface area contributed by atoms with Crippen molar-refractivity contribution in [2.24, 2.45) is 0 Å². The Labute approximate surface area is 168 Å². The lowest BCUT2D eigenvalue weighted by Gasteiger charge is -2.10. The van der Waals surface area contributed by atoms with Crippen LogP contribution in [0.25, 0.3) is 0 Å². The van der Waals surface area contributed by atoms with E-state index >= 15 is 0 Å². The molecule has 1 rings (SSSR count). The molecule has 0 aromatic carbocycles. The van der Waals surface area contributed by atoms with Crippen LogP contribution < -0.4 is 5.32 Å². The molecule has 1 unspecified atom stereocenters. The Bertz CT molecular complexity index is 330. The lowest BCUT2D eigenvalue weighted by molar-refractivity contribution is 0.0291. The van der Waals surface area contributed by atoms with E-state index in [0.717, 1.165) is 19.3 Å². The van der Waals surface area contributed by atoms with Gasteiger partial charge >= 0.3 is 6.16 Å². The van der Waals surface area contributed by atoms with Crippen molar-refractivity contribution >= 4 is 6.16 Å². The molecule has 4 nitrogen and oxygen atoms in total. The first-order chi connectivity index (χ1) is 13.3. The molecule has 159 valence electrons. The average Bonchev–Trinajstić information content (AvgIpc) is 3.17. The van der Waals surface area contributed by atoms with Crippen LogP contribution in [0.3, 0.4) is 0 Å². The van der Waals surface area contributed by atoms with Gasteiger partial charge in [0.25, 0.3) is 0 Å². The highest BCUT2D eigenvalue weighted by atomic mass is 16.7. The van der Waals surface area contributed by atoms with E-state index in [1.54, 1.807) is 0 Å². The zero-order valence-electron chi connectivity index (χ0n) is 17.8. The first-order valence-corrected chi connectivity index (χ1v) is 11.7. The Morgan fingerprint density at radius 2 is 1.30 bits per heavy atom. The molecule has 0 aromatic rings. The third-order valence-electron chi connectivity index (χ3n) is 5.35. The molecule has 1 fully saturated rings. The van der Waals surface area contributed by atoms with Crippen molar-refractivity contribution in [3.05, 3.63) is 6.54 Å². The molecule has 1 aliphatic heterocycles. The van der Waals surface area contributed by atoms with Crippen LogP contribution in [0.5, 0.6) is 0 Å². The number of nitrogens with one attached hydrogen (secondary N) is 1. The molecule has 1 atom stereocenters. The number of carbonyl (C=O) groups excluding carboxylic acids is 1. The molecule has 27 heavy (non-hydrogen) atoms. The molecule has 0 bridgehead atoms. The van der Waals surface area contributed by atoms with Crippen LogP contribution in [0.2, 0.25) is 0 Å². The fourth-order valence-electron chi connectivity index (χ4n) is 3.58. The van der Waals surface area contributed by atoms with Crippen LogP contribution in [-0.4, -0.2) is 25.4 Å². The molecule has 0 saturated carbocycles. The summed E-state index contributed by atoms with van der Waals surface area (Å²) in [5, 5.41) is 3.05. The van der Waals surface area contributed by atoms with Crippen LogP contribution in [0.1, 0.15) is 116 Å². The Morgan fingerprint density at radius 3 is 1.74 bits per heavy atom. The van der Waals surface area contributed by atoms with Crippen molar-refractivity contribution in [2.45, 2.75) is 122 Å². The van der Waals surface area contributed by atoms with E-state index in [1.165, 1.54) is 89.9 Å². The maximum atomic E-state index is 11.5. The molecule has 1 heterocycles. The molecule has 1 N–H and O–H groups in total. The predicted octanol–water partition coefficient (Wildman–Crippen LogP) is 6.92. The molecule has 0 amide bonds. The van der Waals surface area contributed by atoms with Crippen molar-refractivity contribution in [1.82, 2.24) is 5.32 Å². The van der Waals surface area contributed by atoms with Crippen molar-refractivity contribution in [3.63, 3.8) is 0 Å². The summed E-state index contributed by atoms with van der Waals surface area (Å²) in [4.78, 5) is 11.5. The smallest absolute Gasteiger partial charge is 0.434 e. The van der Waals surface area contributed by atoms with Gasteiger partial charge in [0, 0.05) is 19.5 Å². The van der Waals surface area contributed by atoms with E-state index in [4.69, 9.17) is 9.47 Å². The third kappa shape index (κ3) is 15.9. The van der Waals surface area contributed by atoms with Gasteiger partial charge in [0.1, 0.15) is 6.10 Å². The van der Waals surface area contributed by atoms with Gasteiger partial charge in [0.05, 0.1) is 6.61 Å². The Kier molecular flexibility index (Phi) is 16.7. The molecule has 1 radical (unpaired) electrons. The second-order valence-corrected chi connectivity index (χ2v) is 7.99. The third-order valence-corrected chi connectivity index (χ3v) is 5.35. The van der Waals surface area contributed by atoms with Crippen LogP contribution in [-0.2, 0) is 9.47 Å². The van der Waals surface area contributed by atoms with Gasteiger partial charge in [0.2, 0.25) is 0 Å². The van der Waals surface area contributed by atoms with Crippen LogP contribution in [0.4, 0.5) is 4.79 Å². The zero-order chi connectivity index (χ0) is 19.4. The second kappa shape index (κ2) is 18.6.